The van der Waals surface area contributed by atoms with Crippen LogP contribution in [0.5, 0.6) is 0 Å². The van der Waals surface area contributed by atoms with Crippen LogP contribution in [0, 0.1) is 17.8 Å². The molecular weight excluding hydrogens is 172 g/mol. The lowest BCUT2D eigenvalue weighted by Gasteiger charge is -2.49. The molecule has 0 amide bonds. The maximum Gasteiger partial charge on any atom is 0.0678 e. The summed E-state index contributed by atoms with van der Waals surface area (Å²) in [5.74, 6) is 2.21. The summed E-state index contributed by atoms with van der Waals surface area (Å²) in [6.45, 7) is 4.51. The van der Waals surface area contributed by atoms with Crippen LogP contribution in [0.4, 0.5) is 0 Å². The van der Waals surface area contributed by atoms with E-state index in [2.05, 4.69) is 13.8 Å². The van der Waals surface area contributed by atoms with Gasteiger partial charge in [-0.3, -0.25) is 0 Å². The molecule has 1 unspecified atom stereocenters. The lowest BCUT2D eigenvalue weighted by Crippen LogP contribution is -2.47. The lowest BCUT2D eigenvalue weighted by molar-refractivity contribution is -0.105. The summed E-state index contributed by atoms with van der Waals surface area (Å²) in [4.78, 5) is 0. The molecule has 3 rings (SSSR count). The van der Waals surface area contributed by atoms with Gasteiger partial charge in [0.2, 0.25) is 0 Å². The molecule has 1 heteroatoms. The molecule has 14 heavy (non-hydrogen) atoms. The molecule has 0 aliphatic heterocycles. The summed E-state index contributed by atoms with van der Waals surface area (Å²) in [5.41, 5.74) is -0.272. The Kier molecular flexibility index (Phi) is 2.88. The van der Waals surface area contributed by atoms with Gasteiger partial charge in [-0.05, 0) is 62.7 Å². The Hall–Kier alpha value is -0.0400. The van der Waals surface area contributed by atoms with Crippen molar-refractivity contribution < 1.29 is 5.11 Å². The van der Waals surface area contributed by atoms with Crippen molar-refractivity contribution in [2.24, 2.45) is 17.8 Å². The van der Waals surface area contributed by atoms with Crippen LogP contribution in [-0.4, -0.2) is 10.7 Å². The van der Waals surface area contributed by atoms with Gasteiger partial charge in [0.1, 0.15) is 0 Å². The molecule has 0 spiro atoms. The van der Waals surface area contributed by atoms with E-state index < -0.39 is 0 Å². The van der Waals surface area contributed by atoms with Crippen molar-refractivity contribution in [3.63, 3.8) is 0 Å². The van der Waals surface area contributed by atoms with Crippen LogP contribution < -0.4 is 0 Å². The van der Waals surface area contributed by atoms with Gasteiger partial charge in [0.15, 0.2) is 0 Å². The minimum atomic E-state index is -0.272. The first-order valence-corrected chi connectivity index (χ1v) is 6.32. The van der Waals surface area contributed by atoms with Gasteiger partial charge in [-0.1, -0.05) is 13.8 Å². The van der Waals surface area contributed by atoms with E-state index in [-0.39, 0.29) is 5.60 Å². The SMILES string of the molecule is CC(C)CCC1(O)CC2CCC1CC2. The number of rotatable bonds is 3. The number of hydrogen-bond acceptors (Lipinski definition) is 1. The monoisotopic (exact) mass is 196 g/mol. The van der Waals surface area contributed by atoms with Crippen LogP contribution in [0.2, 0.25) is 0 Å². The first-order valence-electron chi connectivity index (χ1n) is 6.32. The Balaban J connectivity index is 1.94. The third kappa shape index (κ3) is 1.98. The molecule has 0 radical (unpaired) electrons. The maximum atomic E-state index is 10.6. The van der Waals surface area contributed by atoms with Crippen molar-refractivity contribution >= 4 is 0 Å². The normalized spacial score (nSPS) is 42.0. The summed E-state index contributed by atoms with van der Waals surface area (Å²) >= 11 is 0. The quantitative estimate of drug-likeness (QED) is 0.734. The molecule has 3 saturated carbocycles. The highest BCUT2D eigenvalue weighted by atomic mass is 16.3. The van der Waals surface area contributed by atoms with Gasteiger partial charge in [0.25, 0.3) is 0 Å². The predicted octanol–water partition coefficient (Wildman–Crippen LogP) is 3.36. The first kappa shape index (κ1) is 10.5. The van der Waals surface area contributed by atoms with Crippen LogP contribution >= 0.6 is 0 Å². The van der Waals surface area contributed by atoms with Crippen molar-refractivity contribution in [3.8, 4) is 0 Å². The highest BCUT2D eigenvalue weighted by molar-refractivity contribution is 4.97. The molecule has 0 saturated heterocycles. The largest absolute Gasteiger partial charge is 0.390 e. The second-order valence-corrected chi connectivity index (χ2v) is 5.96. The average Bonchev–Trinajstić information content (AvgIpc) is 2.16. The van der Waals surface area contributed by atoms with E-state index in [1.54, 1.807) is 0 Å². The molecule has 82 valence electrons. The Bertz CT molecular complexity index is 191. The summed E-state index contributed by atoms with van der Waals surface area (Å²) in [7, 11) is 0. The maximum absolute atomic E-state index is 10.6. The van der Waals surface area contributed by atoms with Crippen LogP contribution in [0.25, 0.3) is 0 Å². The van der Waals surface area contributed by atoms with Crippen molar-refractivity contribution in [2.75, 3.05) is 0 Å². The molecule has 3 fully saturated rings. The van der Waals surface area contributed by atoms with E-state index >= 15 is 0 Å². The van der Waals surface area contributed by atoms with Crippen molar-refractivity contribution in [3.05, 3.63) is 0 Å². The Morgan fingerprint density at radius 2 is 1.86 bits per heavy atom. The van der Waals surface area contributed by atoms with E-state index in [1.165, 1.54) is 32.1 Å². The predicted molar refractivity (Wildman–Crippen MR) is 59.1 cm³/mol. The van der Waals surface area contributed by atoms with Crippen LogP contribution in [0.3, 0.4) is 0 Å². The van der Waals surface area contributed by atoms with Gasteiger partial charge in [-0.2, -0.15) is 0 Å². The summed E-state index contributed by atoms with van der Waals surface area (Å²) in [5, 5.41) is 10.6. The van der Waals surface area contributed by atoms with Crippen LogP contribution in [0.1, 0.15) is 58.8 Å². The molecule has 0 aromatic heterocycles. The van der Waals surface area contributed by atoms with Gasteiger partial charge in [-0.15, -0.1) is 0 Å². The van der Waals surface area contributed by atoms with Crippen LogP contribution in [0.15, 0.2) is 0 Å². The highest BCUT2D eigenvalue weighted by Crippen LogP contribution is 2.49. The zero-order valence-electron chi connectivity index (χ0n) is 9.63. The molecule has 3 aliphatic carbocycles. The molecule has 1 atom stereocenters. The molecule has 3 aliphatic rings. The summed E-state index contributed by atoms with van der Waals surface area (Å²) in [6.07, 6.45) is 8.69. The van der Waals surface area contributed by atoms with Crippen molar-refractivity contribution in [2.45, 2.75) is 64.4 Å². The minimum absolute atomic E-state index is 0.272. The molecule has 0 aromatic carbocycles. The van der Waals surface area contributed by atoms with E-state index in [9.17, 15) is 5.11 Å². The Morgan fingerprint density at radius 1 is 1.21 bits per heavy atom. The third-order valence-electron chi connectivity index (χ3n) is 4.40. The fourth-order valence-corrected chi connectivity index (χ4v) is 3.42. The minimum Gasteiger partial charge on any atom is -0.390 e. The van der Waals surface area contributed by atoms with E-state index in [0.717, 1.165) is 24.7 Å². The third-order valence-corrected chi connectivity index (χ3v) is 4.40. The van der Waals surface area contributed by atoms with Crippen LogP contribution in [-0.2, 0) is 0 Å². The Morgan fingerprint density at radius 3 is 2.29 bits per heavy atom. The molecule has 0 aromatic rings. The lowest BCUT2D eigenvalue weighted by atomic mass is 9.60. The highest BCUT2D eigenvalue weighted by Gasteiger charge is 2.45. The molecular formula is C13H24O. The van der Waals surface area contributed by atoms with Gasteiger partial charge < -0.3 is 5.11 Å². The fourth-order valence-electron chi connectivity index (χ4n) is 3.42. The van der Waals surface area contributed by atoms with E-state index in [1.807, 2.05) is 0 Å². The van der Waals surface area contributed by atoms with Crippen molar-refractivity contribution in [1.29, 1.82) is 0 Å². The number of aliphatic hydroxyl groups is 1. The van der Waals surface area contributed by atoms with Crippen molar-refractivity contribution in [1.82, 2.24) is 0 Å². The fraction of sp³-hybridized carbons (Fsp3) is 1.00. The van der Waals surface area contributed by atoms with E-state index in [4.69, 9.17) is 0 Å². The first-order chi connectivity index (χ1) is 6.60. The van der Waals surface area contributed by atoms with Gasteiger partial charge in [0, 0.05) is 0 Å². The van der Waals surface area contributed by atoms with Gasteiger partial charge in [0.05, 0.1) is 5.60 Å². The Labute approximate surface area is 87.9 Å². The van der Waals surface area contributed by atoms with Gasteiger partial charge in [-0.25, -0.2) is 0 Å². The standard InChI is InChI=1S/C13H24O/c1-10(2)7-8-13(14)9-11-3-5-12(13)6-4-11/h10-12,14H,3-9H2,1-2H3. The zero-order chi connectivity index (χ0) is 10.2. The molecule has 0 heterocycles. The zero-order valence-corrected chi connectivity index (χ0v) is 9.63. The van der Waals surface area contributed by atoms with Gasteiger partial charge >= 0.3 is 0 Å². The smallest absolute Gasteiger partial charge is 0.0678 e. The topological polar surface area (TPSA) is 20.2 Å². The molecule has 1 N–H and O–H groups in total. The molecule has 2 bridgehead atoms. The summed E-state index contributed by atoms with van der Waals surface area (Å²) in [6, 6.07) is 0. The van der Waals surface area contributed by atoms with E-state index in [0.29, 0.717) is 5.92 Å². The average molecular weight is 196 g/mol. The number of fused-ring (bicyclic) bond motifs is 3. The second-order valence-electron chi connectivity index (χ2n) is 5.96. The second kappa shape index (κ2) is 3.84. The molecule has 1 nitrogen and oxygen atoms in total. The summed E-state index contributed by atoms with van der Waals surface area (Å²) < 4.78 is 0. The number of hydrogen-bond donors (Lipinski definition) is 1.